The number of hydrogen-bond donors (Lipinski definition) is 2. The van der Waals surface area contributed by atoms with Gasteiger partial charge in [0.2, 0.25) is 5.91 Å². The van der Waals surface area contributed by atoms with Crippen molar-refractivity contribution in [3.8, 4) is 0 Å². The fraction of sp³-hybridized carbons (Fsp3) is 0.556. The highest BCUT2D eigenvalue weighted by Gasteiger charge is 2.28. The van der Waals surface area contributed by atoms with Crippen LogP contribution in [0.2, 0.25) is 0 Å². The maximum atomic E-state index is 12.8. The molecular weight excluding hydrogens is 288 g/mol. The molecular formula is C9H14Cl2FN3OS. The molecule has 1 saturated heterocycles. The summed E-state index contributed by atoms with van der Waals surface area (Å²) < 4.78 is 12.8. The maximum absolute atomic E-state index is 12.8. The van der Waals surface area contributed by atoms with Crippen LogP contribution in [-0.2, 0) is 11.3 Å². The summed E-state index contributed by atoms with van der Waals surface area (Å²) in [5, 5.41) is 8.27. The highest BCUT2D eigenvalue weighted by molar-refractivity contribution is 7.09. The fourth-order valence-corrected chi connectivity index (χ4v) is 2.07. The lowest BCUT2D eigenvalue weighted by Crippen LogP contribution is -2.39. The van der Waals surface area contributed by atoms with Gasteiger partial charge < -0.3 is 10.6 Å². The molecule has 1 amide bonds. The molecule has 2 atom stereocenters. The van der Waals surface area contributed by atoms with Crippen LogP contribution in [0.5, 0.6) is 0 Å². The number of amides is 1. The summed E-state index contributed by atoms with van der Waals surface area (Å²) >= 11 is 1.49. The second kappa shape index (κ2) is 7.81. The summed E-state index contributed by atoms with van der Waals surface area (Å²) in [4.78, 5) is 15.6. The van der Waals surface area contributed by atoms with Crippen LogP contribution < -0.4 is 10.6 Å². The smallest absolute Gasteiger partial charge is 0.237 e. The molecule has 1 aliphatic heterocycles. The molecule has 0 spiro atoms. The van der Waals surface area contributed by atoms with Crippen molar-refractivity contribution in [1.82, 2.24) is 15.6 Å². The Morgan fingerprint density at radius 3 is 2.94 bits per heavy atom. The van der Waals surface area contributed by atoms with E-state index in [1.54, 1.807) is 6.20 Å². The van der Waals surface area contributed by atoms with E-state index >= 15 is 0 Å². The molecule has 17 heavy (non-hydrogen) atoms. The molecule has 4 nitrogen and oxygen atoms in total. The Bertz CT molecular complexity index is 339. The highest BCUT2D eigenvalue weighted by atomic mass is 35.5. The van der Waals surface area contributed by atoms with E-state index in [0.29, 0.717) is 6.54 Å². The van der Waals surface area contributed by atoms with Gasteiger partial charge in [-0.3, -0.25) is 4.79 Å². The van der Waals surface area contributed by atoms with Crippen LogP contribution in [-0.4, -0.2) is 29.6 Å². The van der Waals surface area contributed by atoms with Crippen LogP contribution >= 0.6 is 36.2 Å². The first-order valence-electron chi connectivity index (χ1n) is 4.79. The van der Waals surface area contributed by atoms with Crippen molar-refractivity contribution < 1.29 is 9.18 Å². The van der Waals surface area contributed by atoms with Gasteiger partial charge in [0, 0.05) is 24.5 Å². The van der Waals surface area contributed by atoms with Crippen molar-refractivity contribution in [3.05, 3.63) is 16.6 Å². The molecule has 0 bridgehead atoms. The van der Waals surface area contributed by atoms with E-state index in [1.165, 1.54) is 11.3 Å². The third kappa shape index (κ3) is 4.75. The largest absolute Gasteiger partial charge is 0.348 e. The van der Waals surface area contributed by atoms with Crippen LogP contribution in [0.3, 0.4) is 0 Å². The van der Waals surface area contributed by atoms with Gasteiger partial charge in [-0.05, 0) is 0 Å². The summed E-state index contributed by atoms with van der Waals surface area (Å²) in [6.45, 7) is 0.695. The molecule has 0 aliphatic carbocycles. The van der Waals surface area contributed by atoms with Gasteiger partial charge in [-0.2, -0.15) is 0 Å². The molecule has 0 aromatic carbocycles. The summed E-state index contributed by atoms with van der Waals surface area (Å²) in [7, 11) is 0. The molecule has 98 valence electrons. The van der Waals surface area contributed by atoms with Crippen LogP contribution in [0.25, 0.3) is 0 Å². The zero-order valence-electron chi connectivity index (χ0n) is 8.89. The number of carbonyl (C=O) groups is 1. The van der Waals surface area contributed by atoms with Gasteiger partial charge in [0.25, 0.3) is 0 Å². The minimum Gasteiger partial charge on any atom is -0.348 e. The number of thiazole rings is 1. The van der Waals surface area contributed by atoms with E-state index in [0.717, 1.165) is 5.01 Å². The lowest BCUT2D eigenvalue weighted by molar-refractivity contribution is -0.123. The first-order chi connectivity index (χ1) is 7.25. The Balaban J connectivity index is 0.00000128. The SMILES string of the molecule is Cl.Cl.O=C(NCc1nccs1)[C@H]1C[C@H](F)CN1. The van der Waals surface area contributed by atoms with Gasteiger partial charge in [-0.1, -0.05) is 0 Å². The van der Waals surface area contributed by atoms with Gasteiger partial charge in [-0.25, -0.2) is 9.37 Å². The number of aromatic nitrogens is 1. The fourth-order valence-electron chi connectivity index (χ4n) is 1.52. The first-order valence-corrected chi connectivity index (χ1v) is 5.67. The van der Waals surface area contributed by atoms with Crippen molar-refractivity contribution in [2.45, 2.75) is 25.2 Å². The average Bonchev–Trinajstić information content (AvgIpc) is 2.84. The molecule has 1 fully saturated rings. The molecule has 0 radical (unpaired) electrons. The van der Waals surface area contributed by atoms with Crippen molar-refractivity contribution >= 4 is 42.1 Å². The van der Waals surface area contributed by atoms with Crippen LogP contribution in [0, 0.1) is 0 Å². The Kier molecular flexibility index (Phi) is 7.61. The molecule has 0 unspecified atom stereocenters. The normalized spacial score (nSPS) is 22.4. The summed E-state index contributed by atoms with van der Waals surface area (Å²) in [5.74, 6) is -0.148. The predicted octanol–water partition coefficient (Wildman–Crippen LogP) is 1.30. The third-order valence-corrected chi connectivity index (χ3v) is 3.07. The zero-order valence-corrected chi connectivity index (χ0v) is 11.3. The lowest BCUT2D eigenvalue weighted by Gasteiger charge is -2.09. The number of nitrogens with one attached hydrogen (secondary N) is 2. The summed E-state index contributed by atoms with van der Waals surface area (Å²) in [5.41, 5.74) is 0. The van der Waals surface area contributed by atoms with Gasteiger partial charge in [0.15, 0.2) is 0 Å². The first kappa shape index (κ1) is 16.6. The van der Waals surface area contributed by atoms with Crippen molar-refractivity contribution in [2.24, 2.45) is 0 Å². The van der Waals surface area contributed by atoms with Crippen molar-refractivity contribution in [1.29, 1.82) is 0 Å². The predicted molar refractivity (Wildman–Crippen MR) is 69.8 cm³/mol. The topological polar surface area (TPSA) is 54.0 Å². The number of carbonyl (C=O) groups excluding carboxylic acids is 1. The summed E-state index contributed by atoms with van der Waals surface area (Å²) in [6, 6.07) is -0.389. The van der Waals surface area contributed by atoms with E-state index in [1.807, 2.05) is 5.38 Å². The van der Waals surface area contributed by atoms with E-state index in [9.17, 15) is 9.18 Å². The average molecular weight is 302 g/mol. The van der Waals surface area contributed by atoms with Crippen molar-refractivity contribution in [2.75, 3.05) is 6.54 Å². The van der Waals surface area contributed by atoms with Gasteiger partial charge in [0.1, 0.15) is 11.2 Å². The molecule has 2 rings (SSSR count). The molecule has 1 aliphatic rings. The number of halogens is 3. The van der Waals surface area contributed by atoms with E-state index < -0.39 is 6.17 Å². The molecule has 0 saturated carbocycles. The standard InChI is InChI=1S/C9H12FN3OS.2ClH/c10-6-3-7(12-4-6)9(14)13-5-8-11-1-2-15-8;;/h1-2,6-7,12H,3-5H2,(H,13,14);2*1H/t6-,7+;;/m0../s1. The summed E-state index contributed by atoms with van der Waals surface area (Å²) in [6.07, 6.45) is 1.06. The number of hydrogen-bond acceptors (Lipinski definition) is 4. The minimum atomic E-state index is -0.902. The molecule has 1 aromatic heterocycles. The Labute approximate surface area is 115 Å². The number of rotatable bonds is 3. The zero-order chi connectivity index (χ0) is 10.7. The molecule has 8 heteroatoms. The van der Waals surface area contributed by atoms with E-state index in [2.05, 4.69) is 15.6 Å². The Hall–Kier alpha value is -0.430. The van der Waals surface area contributed by atoms with Gasteiger partial charge in [-0.15, -0.1) is 36.2 Å². The second-order valence-corrected chi connectivity index (χ2v) is 4.42. The number of nitrogens with zero attached hydrogens (tertiary/aromatic N) is 1. The third-order valence-electron chi connectivity index (χ3n) is 2.29. The minimum absolute atomic E-state index is 0. The van der Waals surface area contributed by atoms with Crippen LogP contribution in [0.15, 0.2) is 11.6 Å². The molecule has 2 heterocycles. The lowest BCUT2D eigenvalue weighted by atomic mass is 10.2. The highest BCUT2D eigenvalue weighted by Crippen LogP contribution is 2.10. The molecule has 2 N–H and O–H groups in total. The van der Waals surface area contributed by atoms with E-state index in [-0.39, 0.29) is 49.7 Å². The second-order valence-electron chi connectivity index (χ2n) is 3.44. The van der Waals surface area contributed by atoms with Crippen LogP contribution in [0.4, 0.5) is 4.39 Å². The number of alkyl halides is 1. The Morgan fingerprint density at radius 2 is 2.41 bits per heavy atom. The van der Waals surface area contributed by atoms with Gasteiger partial charge in [0.05, 0.1) is 12.6 Å². The Morgan fingerprint density at radius 1 is 1.65 bits per heavy atom. The van der Waals surface area contributed by atoms with E-state index in [4.69, 9.17) is 0 Å². The van der Waals surface area contributed by atoms with Gasteiger partial charge >= 0.3 is 0 Å². The van der Waals surface area contributed by atoms with Crippen molar-refractivity contribution in [3.63, 3.8) is 0 Å². The van der Waals surface area contributed by atoms with Crippen LogP contribution in [0.1, 0.15) is 11.4 Å². The maximum Gasteiger partial charge on any atom is 0.237 e. The quantitative estimate of drug-likeness (QED) is 0.885. The molecule has 1 aromatic rings. The monoisotopic (exact) mass is 301 g/mol.